The fraction of sp³-hybridized carbons (Fsp3) is 0.200. The number of methoxy groups -OCH3 is 1. The van der Waals surface area contributed by atoms with Gasteiger partial charge in [-0.1, -0.05) is 35.0 Å². The molecule has 0 radical (unpaired) electrons. The summed E-state index contributed by atoms with van der Waals surface area (Å²) in [6.07, 6.45) is 0. The fourth-order valence-corrected chi connectivity index (χ4v) is 3.77. The molecular formula is C20H18Cl2N4O3S. The van der Waals surface area contributed by atoms with Crippen LogP contribution in [-0.4, -0.2) is 39.5 Å². The molecule has 0 atom stereocenters. The lowest BCUT2D eigenvalue weighted by Gasteiger charge is -2.10. The first-order chi connectivity index (χ1) is 14.4. The zero-order valence-electron chi connectivity index (χ0n) is 16.2. The number of thioether (sulfide) groups is 1. The molecular weight excluding hydrogens is 447 g/mol. The van der Waals surface area contributed by atoms with Gasteiger partial charge >= 0.3 is 5.97 Å². The summed E-state index contributed by atoms with van der Waals surface area (Å²) in [5.74, 6) is -0.00631. The second kappa shape index (κ2) is 9.97. The Bertz CT molecular complexity index is 1070. The molecule has 156 valence electrons. The molecule has 30 heavy (non-hydrogen) atoms. The number of carbonyl (C=O) groups is 2. The maximum Gasteiger partial charge on any atom is 0.337 e. The van der Waals surface area contributed by atoms with Crippen LogP contribution in [0.3, 0.4) is 0 Å². The molecule has 2 aromatic carbocycles. The van der Waals surface area contributed by atoms with E-state index < -0.39 is 5.97 Å². The molecule has 0 fully saturated rings. The molecule has 0 aliphatic carbocycles. The fourth-order valence-electron chi connectivity index (χ4n) is 2.68. The zero-order valence-corrected chi connectivity index (χ0v) is 18.5. The normalized spacial score (nSPS) is 10.7. The van der Waals surface area contributed by atoms with Gasteiger partial charge in [-0.25, -0.2) is 4.79 Å². The van der Waals surface area contributed by atoms with E-state index in [2.05, 4.69) is 20.3 Å². The average Bonchev–Trinajstić information content (AvgIpc) is 3.16. The molecule has 3 rings (SSSR count). The number of hydrogen-bond donors (Lipinski definition) is 1. The first-order valence-electron chi connectivity index (χ1n) is 8.92. The van der Waals surface area contributed by atoms with Gasteiger partial charge in [0, 0.05) is 17.1 Å². The second-order valence-electron chi connectivity index (χ2n) is 6.08. The molecule has 0 aliphatic rings. The lowest BCUT2D eigenvalue weighted by Crippen LogP contribution is -2.15. The van der Waals surface area contributed by atoms with Gasteiger partial charge < -0.3 is 14.6 Å². The van der Waals surface area contributed by atoms with Crippen molar-refractivity contribution in [2.24, 2.45) is 0 Å². The molecule has 0 aliphatic heterocycles. The topological polar surface area (TPSA) is 86.1 Å². The summed E-state index contributed by atoms with van der Waals surface area (Å²) in [5.41, 5.74) is 1.52. The lowest BCUT2D eigenvalue weighted by atomic mass is 10.2. The van der Waals surface area contributed by atoms with Gasteiger partial charge in [0.15, 0.2) is 11.0 Å². The molecule has 0 bridgehead atoms. The summed E-state index contributed by atoms with van der Waals surface area (Å²) >= 11 is 13.3. The summed E-state index contributed by atoms with van der Waals surface area (Å²) in [5, 5.41) is 12.7. The number of ether oxygens (including phenoxy) is 1. The van der Waals surface area contributed by atoms with Crippen molar-refractivity contribution in [2.75, 3.05) is 18.2 Å². The minimum absolute atomic E-state index is 0.0948. The van der Waals surface area contributed by atoms with Crippen molar-refractivity contribution in [1.82, 2.24) is 14.8 Å². The Hall–Kier alpha value is -2.55. The van der Waals surface area contributed by atoms with Crippen molar-refractivity contribution in [2.45, 2.75) is 18.6 Å². The van der Waals surface area contributed by atoms with E-state index >= 15 is 0 Å². The van der Waals surface area contributed by atoms with Crippen molar-refractivity contribution >= 4 is 52.5 Å². The number of amides is 1. The van der Waals surface area contributed by atoms with Gasteiger partial charge in [0.25, 0.3) is 0 Å². The van der Waals surface area contributed by atoms with Crippen LogP contribution in [0.1, 0.15) is 17.3 Å². The highest BCUT2D eigenvalue weighted by Crippen LogP contribution is 2.27. The van der Waals surface area contributed by atoms with Gasteiger partial charge in [0.1, 0.15) is 0 Å². The van der Waals surface area contributed by atoms with E-state index in [9.17, 15) is 9.59 Å². The van der Waals surface area contributed by atoms with E-state index in [1.807, 2.05) is 23.6 Å². The van der Waals surface area contributed by atoms with E-state index in [4.69, 9.17) is 23.2 Å². The summed E-state index contributed by atoms with van der Waals surface area (Å²) in [4.78, 5) is 24.1. The van der Waals surface area contributed by atoms with Crippen LogP contribution >= 0.6 is 35.0 Å². The van der Waals surface area contributed by atoms with Crippen LogP contribution < -0.4 is 5.32 Å². The lowest BCUT2D eigenvalue weighted by molar-refractivity contribution is -0.113. The van der Waals surface area contributed by atoms with Crippen molar-refractivity contribution in [3.63, 3.8) is 0 Å². The third-order valence-electron chi connectivity index (χ3n) is 4.13. The van der Waals surface area contributed by atoms with E-state index in [1.54, 1.807) is 12.1 Å². The number of benzene rings is 2. The second-order valence-corrected chi connectivity index (χ2v) is 7.87. The molecule has 0 unspecified atom stereocenters. The SMILES string of the molecule is CCn1c(SCC(=O)Nc2cc(C(=O)OC)ccc2Cl)nnc1-c1ccc(Cl)cc1. The maximum atomic E-state index is 12.4. The molecule has 7 nitrogen and oxygen atoms in total. The number of hydrogen-bond acceptors (Lipinski definition) is 6. The number of carbonyl (C=O) groups excluding carboxylic acids is 2. The van der Waals surface area contributed by atoms with Crippen molar-refractivity contribution < 1.29 is 14.3 Å². The Balaban J connectivity index is 1.70. The minimum Gasteiger partial charge on any atom is -0.465 e. The van der Waals surface area contributed by atoms with Gasteiger partial charge in [-0.2, -0.15) is 0 Å². The van der Waals surface area contributed by atoms with Crippen molar-refractivity contribution in [3.05, 3.63) is 58.1 Å². The number of rotatable bonds is 7. The highest BCUT2D eigenvalue weighted by atomic mass is 35.5. The Morgan fingerprint density at radius 2 is 1.87 bits per heavy atom. The van der Waals surface area contributed by atoms with Gasteiger partial charge in [0.05, 0.1) is 29.1 Å². The molecule has 10 heteroatoms. The number of nitrogens with zero attached hydrogens (tertiary/aromatic N) is 3. The van der Waals surface area contributed by atoms with E-state index in [1.165, 1.54) is 37.1 Å². The summed E-state index contributed by atoms with van der Waals surface area (Å²) in [6, 6.07) is 11.9. The molecule has 1 amide bonds. The number of halogens is 2. The van der Waals surface area contributed by atoms with Gasteiger partial charge in [-0.05, 0) is 49.4 Å². The molecule has 0 spiro atoms. The third-order valence-corrected chi connectivity index (χ3v) is 5.68. The number of anilines is 1. The van der Waals surface area contributed by atoms with Crippen LogP contribution in [0.25, 0.3) is 11.4 Å². The van der Waals surface area contributed by atoms with Crippen LogP contribution in [0, 0.1) is 0 Å². The summed E-state index contributed by atoms with van der Waals surface area (Å²) < 4.78 is 6.61. The number of esters is 1. The monoisotopic (exact) mass is 464 g/mol. The Morgan fingerprint density at radius 1 is 1.13 bits per heavy atom. The third kappa shape index (κ3) is 5.13. The molecule has 0 saturated heterocycles. The standard InChI is InChI=1S/C20H18Cl2N4O3S/c1-3-26-18(12-4-7-14(21)8-5-12)24-25-20(26)30-11-17(27)23-16-10-13(19(28)29-2)6-9-15(16)22/h4-10H,3,11H2,1-2H3,(H,23,27). The highest BCUT2D eigenvalue weighted by molar-refractivity contribution is 7.99. The Kier molecular flexibility index (Phi) is 7.36. The first kappa shape index (κ1) is 22.1. The quantitative estimate of drug-likeness (QED) is 0.399. The molecule has 3 aromatic rings. The van der Waals surface area contributed by atoms with E-state index in [-0.39, 0.29) is 11.7 Å². The highest BCUT2D eigenvalue weighted by Gasteiger charge is 2.16. The van der Waals surface area contributed by atoms with Gasteiger partial charge in [0.2, 0.25) is 5.91 Å². The molecule has 1 N–H and O–H groups in total. The van der Waals surface area contributed by atoms with Crippen molar-refractivity contribution in [1.29, 1.82) is 0 Å². The van der Waals surface area contributed by atoms with Crippen LogP contribution in [0.15, 0.2) is 47.6 Å². The van der Waals surface area contributed by atoms with Crippen LogP contribution in [0.4, 0.5) is 5.69 Å². The summed E-state index contributed by atoms with van der Waals surface area (Å²) in [6.45, 7) is 2.62. The van der Waals surface area contributed by atoms with Crippen LogP contribution in [-0.2, 0) is 16.1 Å². The molecule has 0 saturated carbocycles. The molecule has 1 aromatic heterocycles. The predicted molar refractivity (Wildman–Crippen MR) is 118 cm³/mol. The van der Waals surface area contributed by atoms with Crippen molar-refractivity contribution in [3.8, 4) is 11.4 Å². The van der Waals surface area contributed by atoms with E-state index in [0.717, 1.165) is 5.56 Å². The number of aromatic nitrogens is 3. The van der Waals surface area contributed by atoms with Gasteiger partial charge in [-0.15, -0.1) is 10.2 Å². The Labute approximate surface area is 187 Å². The smallest absolute Gasteiger partial charge is 0.337 e. The largest absolute Gasteiger partial charge is 0.465 e. The molecule has 1 heterocycles. The number of nitrogens with one attached hydrogen (secondary N) is 1. The van der Waals surface area contributed by atoms with Crippen LogP contribution in [0.2, 0.25) is 10.0 Å². The minimum atomic E-state index is -0.512. The van der Waals surface area contributed by atoms with E-state index in [0.29, 0.717) is 38.8 Å². The summed E-state index contributed by atoms with van der Waals surface area (Å²) in [7, 11) is 1.29. The zero-order chi connectivity index (χ0) is 21.7. The first-order valence-corrected chi connectivity index (χ1v) is 10.7. The van der Waals surface area contributed by atoms with Gasteiger partial charge in [-0.3, -0.25) is 4.79 Å². The average molecular weight is 465 g/mol. The predicted octanol–water partition coefficient (Wildman–Crippen LogP) is 4.79. The Morgan fingerprint density at radius 3 is 2.53 bits per heavy atom. The maximum absolute atomic E-state index is 12.4. The van der Waals surface area contributed by atoms with Crippen LogP contribution in [0.5, 0.6) is 0 Å².